The maximum Gasteiger partial charge on any atom is 0.338 e. The Hall–Kier alpha value is -3.26. The Balaban J connectivity index is 1.50. The van der Waals surface area contributed by atoms with Gasteiger partial charge in [0, 0.05) is 37.6 Å². The highest BCUT2D eigenvalue weighted by molar-refractivity contribution is 5.95. The molecule has 8 heteroatoms. The first-order valence-corrected chi connectivity index (χ1v) is 12.3. The SMILES string of the molecule is CCOc1cc(C(=O)OCC(=O)Nc2ccc(N3CCN(CC)CC3)cc2)ccc1OCC(C)C. The van der Waals surface area contributed by atoms with Crippen molar-refractivity contribution in [1.29, 1.82) is 0 Å². The number of anilines is 2. The number of nitrogens with one attached hydrogen (secondary N) is 1. The van der Waals surface area contributed by atoms with Crippen molar-refractivity contribution in [2.45, 2.75) is 27.7 Å². The number of nitrogens with zero attached hydrogens (tertiary/aromatic N) is 2. The zero-order valence-electron chi connectivity index (χ0n) is 21.2. The number of hydrogen-bond donors (Lipinski definition) is 1. The van der Waals surface area contributed by atoms with Crippen LogP contribution in [0.5, 0.6) is 11.5 Å². The first-order chi connectivity index (χ1) is 16.9. The summed E-state index contributed by atoms with van der Waals surface area (Å²) in [5.74, 6) is 0.414. The summed E-state index contributed by atoms with van der Waals surface area (Å²) in [5.41, 5.74) is 2.09. The summed E-state index contributed by atoms with van der Waals surface area (Å²) in [6, 6.07) is 12.6. The normalized spacial score (nSPS) is 14.0. The molecule has 0 unspecified atom stereocenters. The number of likely N-dealkylation sites (N-methyl/N-ethyl adjacent to an activating group) is 1. The molecule has 0 spiro atoms. The molecule has 0 atom stereocenters. The fraction of sp³-hybridized carbons (Fsp3) is 0.481. The molecular formula is C27H37N3O5. The fourth-order valence-electron chi connectivity index (χ4n) is 3.77. The number of rotatable bonds is 11. The lowest BCUT2D eigenvalue weighted by Gasteiger charge is -2.35. The van der Waals surface area contributed by atoms with E-state index in [1.807, 2.05) is 31.2 Å². The number of ether oxygens (including phenoxy) is 3. The minimum atomic E-state index is -0.599. The monoisotopic (exact) mass is 483 g/mol. The Morgan fingerprint density at radius 3 is 2.29 bits per heavy atom. The molecular weight excluding hydrogens is 446 g/mol. The van der Waals surface area contributed by atoms with E-state index in [0.29, 0.717) is 41.9 Å². The quantitative estimate of drug-likeness (QED) is 0.483. The van der Waals surface area contributed by atoms with Gasteiger partial charge >= 0.3 is 5.97 Å². The molecule has 1 aliphatic rings. The van der Waals surface area contributed by atoms with Crippen LogP contribution in [0, 0.1) is 5.92 Å². The first kappa shape index (κ1) is 26.3. The second-order valence-corrected chi connectivity index (χ2v) is 8.89. The van der Waals surface area contributed by atoms with Crippen molar-refractivity contribution in [3.8, 4) is 11.5 Å². The predicted molar refractivity (Wildman–Crippen MR) is 138 cm³/mol. The van der Waals surface area contributed by atoms with E-state index in [2.05, 4.69) is 35.9 Å². The second-order valence-electron chi connectivity index (χ2n) is 8.89. The summed E-state index contributed by atoms with van der Waals surface area (Å²) in [4.78, 5) is 29.6. The molecule has 2 aromatic rings. The molecule has 0 bridgehead atoms. The van der Waals surface area contributed by atoms with Gasteiger partial charge in [-0.2, -0.15) is 0 Å². The van der Waals surface area contributed by atoms with Crippen LogP contribution in [0.25, 0.3) is 0 Å². The third kappa shape index (κ3) is 7.89. The average Bonchev–Trinajstić information content (AvgIpc) is 2.87. The lowest BCUT2D eigenvalue weighted by molar-refractivity contribution is -0.119. The highest BCUT2D eigenvalue weighted by atomic mass is 16.5. The van der Waals surface area contributed by atoms with Crippen molar-refractivity contribution in [2.24, 2.45) is 5.92 Å². The molecule has 35 heavy (non-hydrogen) atoms. The number of amides is 1. The second kappa shape index (κ2) is 13.0. The lowest BCUT2D eigenvalue weighted by atomic mass is 10.2. The summed E-state index contributed by atoms with van der Waals surface area (Å²) < 4.78 is 16.6. The van der Waals surface area contributed by atoms with Crippen LogP contribution in [0.2, 0.25) is 0 Å². The van der Waals surface area contributed by atoms with E-state index < -0.39 is 11.9 Å². The van der Waals surface area contributed by atoms with Crippen LogP contribution in [-0.2, 0) is 9.53 Å². The van der Waals surface area contributed by atoms with E-state index >= 15 is 0 Å². The standard InChI is InChI=1S/C27H37N3O5/c1-5-29-13-15-30(16-14-29)23-10-8-22(9-11-23)28-26(31)19-35-27(32)21-7-12-24(34-18-20(3)4)25(17-21)33-6-2/h7-12,17,20H,5-6,13-16,18-19H2,1-4H3,(H,28,31). The molecule has 1 heterocycles. The van der Waals surface area contributed by atoms with E-state index in [-0.39, 0.29) is 6.61 Å². The molecule has 1 aliphatic heterocycles. The smallest absolute Gasteiger partial charge is 0.338 e. The van der Waals surface area contributed by atoms with Gasteiger partial charge in [0.1, 0.15) is 0 Å². The average molecular weight is 484 g/mol. The summed E-state index contributed by atoms with van der Waals surface area (Å²) in [5, 5.41) is 2.78. The van der Waals surface area contributed by atoms with Crippen LogP contribution >= 0.6 is 0 Å². The van der Waals surface area contributed by atoms with Gasteiger partial charge in [0.2, 0.25) is 0 Å². The molecule has 0 saturated carbocycles. The fourth-order valence-corrected chi connectivity index (χ4v) is 3.77. The van der Waals surface area contributed by atoms with E-state index in [0.717, 1.165) is 38.4 Å². The molecule has 0 radical (unpaired) electrons. The summed E-state index contributed by atoms with van der Waals surface area (Å²) in [7, 11) is 0. The molecule has 8 nitrogen and oxygen atoms in total. The van der Waals surface area contributed by atoms with Gasteiger partial charge in [0.05, 0.1) is 18.8 Å². The van der Waals surface area contributed by atoms with E-state index in [9.17, 15) is 9.59 Å². The van der Waals surface area contributed by atoms with E-state index in [1.54, 1.807) is 18.2 Å². The third-order valence-electron chi connectivity index (χ3n) is 5.72. The van der Waals surface area contributed by atoms with Crippen LogP contribution in [-0.4, -0.2) is 69.3 Å². The Morgan fingerprint density at radius 2 is 1.66 bits per heavy atom. The van der Waals surface area contributed by atoms with Crippen molar-refractivity contribution in [1.82, 2.24) is 4.90 Å². The highest BCUT2D eigenvalue weighted by Gasteiger charge is 2.17. The topological polar surface area (TPSA) is 80.3 Å². The van der Waals surface area contributed by atoms with Gasteiger partial charge in [0.25, 0.3) is 5.91 Å². The van der Waals surface area contributed by atoms with Gasteiger partial charge in [-0.3, -0.25) is 4.79 Å². The Bertz CT molecular complexity index is 969. The molecule has 0 aliphatic carbocycles. The zero-order chi connectivity index (χ0) is 25.2. The van der Waals surface area contributed by atoms with Gasteiger partial charge in [-0.25, -0.2) is 4.79 Å². The molecule has 1 fully saturated rings. The first-order valence-electron chi connectivity index (χ1n) is 12.3. The number of carbonyl (C=O) groups excluding carboxylic acids is 2. The Labute approximate surface area is 208 Å². The maximum absolute atomic E-state index is 12.5. The zero-order valence-corrected chi connectivity index (χ0v) is 21.2. The van der Waals surface area contributed by atoms with Crippen LogP contribution in [0.1, 0.15) is 38.1 Å². The molecule has 0 aromatic heterocycles. The Kier molecular flexibility index (Phi) is 9.78. The number of piperazine rings is 1. The van der Waals surface area contributed by atoms with Gasteiger partial charge in [-0.15, -0.1) is 0 Å². The maximum atomic E-state index is 12.5. The molecule has 3 rings (SSSR count). The van der Waals surface area contributed by atoms with Crippen molar-refractivity contribution in [2.75, 3.05) is 62.8 Å². The van der Waals surface area contributed by atoms with Crippen LogP contribution in [0.15, 0.2) is 42.5 Å². The van der Waals surface area contributed by atoms with Crippen LogP contribution < -0.4 is 19.7 Å². The van der Waals surface area contributed by atoms with E-state index in [4.69, 9.17) is 14.2 Å². The number of hydrogen-bond acceptors (Lipinski definition) is 7. The van der Waals surface area contributed by atoms with Gasteiger partial charge in [-0.05, 0) is 61.9 Å². The van der Waals surface area contributed by atoms with Crippen molar-refractivity contribution in [3.63, 3.8) is 0 Å². The predicted octanol–water partition coefficient (Wildman–Crippen LogP) is 4.06. The Morgan fingerprint density at radius 1 is 0.943 bits per heavy atom. The summed E-state index contributed by atoms with van der Waals surface area (Å²) >= 11 is 0. The third-order valence-corrected chi connectivity index (χ3v) is 5.72. The van der Waals surface area contributed by atoms with Gasteiger partial charge < -0.3 is 29.3 Å². The van der Waals surface area contributed by atoms with Crippen molar-refractivity contribution < 1.29 is 23.8 Å². The van der Waals surface area contributed by atoms with Gasteiger partial charge in [0.15, 0.2) is 18.1 Å². The summed E-state index contributed by atoms with van der Waals surface area (Å²) in [6.45, 7) is 13.9. The number of benzene rings is 2. The number of carbonyl (C=O) groups is 2. The molecule has 1 N–H and O–H groups in total. The largest absolute Gasteiger partial charge is 0.490 e. The molecule has 1 amide bonds. The number of esters is 1. The minimum absolute atomic E-state index is 0.297. The van der Waals surface area contributed by atoms with E-state index in [1.165, 1.54) is 0 Å². The lowest BCUT2D eigenvalue weighted by Crippen LogP contribution is -2.46. The molecule has 1 saturated heterocycles. The van der Waals surface area contributed by atoms with Crippen molar-refractivity contribution >= 4 is 23.3 Å². The van der Waals surface area contributed by atoms with Crippen LogP contribution in [0.4, 0.5) is 11.4 Å². The molecule has 2 aromatic carbocycles. The van der Waals surface area contributed by atoms with Crippen LogP contribution in [0.3, 0.4) is 0 Å². The molecule has 190 valence electrons. The highest BCUT2D eigenvalue weighted by Crippen LogP contribution is 2.29. The minimum Gasteiger partial charge on any atom is -0.490 e. The summed E-state index contributed by atoms with van der Waals surface area (Å²) in [6.07, 6.45) is 0. The van der Waals surface area contributed by atoms with Crippen molar-refractivity contribution in [3.05, 3.63) is 48.0 Å². The van der Waals surface area contributed by atoms with Gasteiger partial charge in [-0.1, -0.05) is 20.8 Å².